The van der Waals surface area contributed by atoms with E-state index in [1.807, 2.05) is 0 Å². The van der Waals surface area contributed by atoms with Crippen molar-refractivity contribution in [2.24, 2.45) is 0 Å². The number of carboxylic acids is 1. The zero-order valence-corrected chi connectivity index (χ0v) is 11.4. The lowest BCUT2D eigenvalue weighted by Gasteiger charge is -2.16. The number of carboxylic acid groups (broad SMARTS) is 1. The number of non-ortho nitro benzene ring substituents is 1. The molecular formula is C11H12ClN3O5. The number of hydrogen-bond acceptors (Lipinski definition) is 5. The van der Waals surface area contributed by atoms with E-state index in [-0.39, 0.29) is 22.2 Å². The largest absolute Gasteiger partial charge is 0.478 e. The normalized spacial score (nSPS) is 11.6. The second-order valence-electron chi connectivity index (χ2n) is 3.89. The molecule has 3 N–H and O–H groups in total. The number of nitro benzene ring substituents is 1. The van der Waals surface area contributed by atoms with Crippen LogP contribution in [0.25, 0.3) is 0 Å². The lowest BCUT2D eigenvalue weighted by Crippen LogP contribution is -2.35. The smallest absolute Gasteiger partial charge is 0.338 e. The van der Waals surface area contributed by atoms with Gasteiger partial charge in [-0.15, -0.1) is 0 Å². The van der Waals surface area contributed by atoms with Crippen LogP contribution in [0.15, 0.2) is 12.1 Å². The molecule has 20 heavy (non-hydrogen) atoms. The second-order valence-corrected chi connectivity index (χ2v) is 4.30. The van der Waals surface area contributed by atoms with Gasteiger partial charge in [-0.25, -0.2) is 4.79 Å². The number of benzene rings is 1. The van der Waals surface area contributed by atoms with Gasteiger partial charge in [0.15, 0.2) is 0 Å². The third-order valence-electron chi connectivity index (χ3n) is 2.52. The molecular weight excluding hydrogens is 290 g/mol. The summed E-state index contributed by atoms with van der Waals surface area (Å²) in [6, 6.07) is 1.15. The Hall–Kier alpha value is -2.35. The summed E-state index contributed by atoms with van der Waals surface area (Å²) in [6.07, 6.45) is 0. The van der Waals surface area contributed by atoms with Crippen molar-refractivity contribution in [3.63, 3.8) is 0 Å². The second kappa shape index (κ2) is 6.20. The van der Waals surface area contributed by atoms with Crippen molar-refractivity contribution in [1.29, 1.82) is 0 Å². The number of halogens is 1. The van der Waals surface area contributed by atoms with Crippen LogP contribution in [0.4, 0.5) is 11.4 Å². The van der Waals surface area contributed by atoms with Crippen molar-refractivity contribution in [3.05, 3.63) is 32.8 Å². The first-order valence-electron chi connectivity index (χ1n) is 5.47. The van der Waals surface area contributed by atoms with Gasteiger partial charge in [-0.2, -0.15) is 0 Å². The number of amides is 1. The zero-order valence-electron chi connectivity index (χ0n) is 10.6. The standard InChI is InChI=1S/C11H12ClN3O5/c1-5(10(16)13-2)14-9-7(11(17)18)3-6(15(19)20)4-8(9)12/h3-5,14H,1-2H3,(H,13,16)(H,17,18). The Morgan fingerprint density at radius 1 is 1.45 bits per heavy atom. The van der Waals surface area contributed by atoms with E-state index in [9.17, 15) is 19.7 Å². The molecule has 1 aromatic carbocycles. The molecule has 8 nitrogen and oxygen atoms in total. The molecule has 0 spiro atoms. The molecule has 1 unspecified atom stereocenters. The van der Waals surface area contributed by atoms with Crippen molar-refractivity contribution >= 4 is 34.9 Å². The minimum Gasteiger partial charge on any atom is -0.478 e. The third-order valence-corrected chi connectivity index (χ3v) is 2.81. The minimum absolute atomic E-state index is 0.0409. The summed E-state index contributed by atoms with van der Waals surface area (Å²) in [5, 5.41) is 24.6. The summed E-state index contributed by atoms with van der Waals surface area (Å²) < 4.78 is 0. The maximum atomic E-state index is 11.4. The van der Waals surface area contributed by atoms with Gasteiger partial charge in [0.2, 0.25) is 5.91 Å². The van der Waals surface area contributed by atoms with Gasteiger partial charge in [0.1, 0.15) is 6.04 Å². The van der Waals surface area contributed by atoms with Crippen LogP contribution in [-0.2, 0) is 4.79 Å². The molecule has 0 fully saturated rings. The quantitative estimate of drug-likeness (QED) is 0.559. The van der Waals surface area contributed by atoms with Crippen LogP contribution in [0.5, 0.6) is 0 Å². The van der Waals surface area contributed by atoms with E-state index in [0.717, 1.165) is 12.1 Å². The highest BCUT2D eigenvalue weighted by Crippen LogP contribution is 2.31. The van der Waals surface area contributed by atoms with Crippen LogP contribution < -0.4 is 10.6 Å². The van der Waals surface area contributed by atoms with Crippen LogP contribution in [0.2, 0.25) is 5.02 Å². The van der Waals surface area contributed by atoms with Gasteiger partial charge in [-0.1, -0.05) is 11.6 Å². The summed E-state index contributed by atoms with van der Waals surface area (Å²) in [4.78, 5) is 32.5. The molecule has 0 heterocycles. The van der Waals surface area contributed by atoms with E-state index in [1.165, 1.54) is 14.0 Å². The van der Waals surface area contributed by atoms with E-state index in [1.54, 1.807) is 0 Å². The van der Waals surface area contributed by atoms with E-state index in [2.05, 4.69) is 10.6 Å². The van der Waals surface area contributed by atoms with Crippen LogP contribution >= 0.6 is 11.6 Å². The molecule has 108 valence electrons. The summed E-state index contributed by atoms with van der Waals surface area (Å²) in [7, 11) is 1.43. The minimum atomic E-state index is -1.39. The molecule has 0 aliphatic heterocycles. The van der Waals surface area contributed by atoms with Gasteiger partial charge in [0, 0.05) is 19.2 Å². The lowest BCUT2D eigenvalue weighted by molar-refractivity contribution is -0.384. The van der Waals surface area contributed by atoms with Gasteiger partial charge >= 0.3 is 5.97 Å². The molecule has 0 radical (unpaired) electrons. The maximum Gasteiger partial charge on any atom is 0.338 e. The average Bonchev–Trinajstić information content (AvgIpc) is 2.38. The molecule has 1 aromatic rings. The van der Waals surface area contributed by atoms with Gasteiger partial charge in [-0.05, 0) is 6.92 Å². The number of rotatable bonds is 5. The number of likely N-dealkylation sites (N-methyl/N-ethyl adjacent to an activating group) is 1. The van der Waals surface area contributed by atoms with Crippen molar-refractivity contribution in [2.45, 2.75) is 13.0 Å². The molecule has 0 aromatic heterocycles. The highest BCUT2D eigenvalue weighted by Gasteiger charge is 2.22. The molecule has 0 saturated heterocycles. The number of carbonyl (C=O) groups excluding carboxylic acids is 1. The number of anilines is 1. The van der Waals surface area contributed by atoms with E-state index < -0.39 is 22.6 Å². The molecule has 0 saturated carbocycles. The van der Waals surface area contributed by atoms with Crippen LogP contribution in [0.3, 0.4) is 0 Å². The highest BCUT2D eigenvalue weighted by molar-refractivity contribution is 6.34. The lowest BCUT2D eigenvalue weighted by atomic mass is 10.1. The number of carbonyl (C=O) groups is 2. The van der Waals surface area contributed by atoms with Crippen LogP contribution in [0.1, 0.15) is 17.3 Å². The van der Waals surface area contributed by atoms with Crippen molar-refractivity contribution in [1.82, 2.24) is 5.32 Å². The first-order valence-corrected chi connectivity index (χ1v) is 5.85. The van der Waals surface area contributed by atoms with Crippen LogP contribution in [-0.4, -0.2) is 35.0 Å². The number of nitrogens with one attached hydrogen (secondary N) is 2. The molecule has 0 bridgehead atoms. The Labute approximate surface area is 118 Å². The molecule has 0 aliphatic rings. The fourth-order valence-corrected chi connectivity index (χ4v) is 1.78. The average molecular weight is 302 g/mol. The number of hydrogen-bond donors (Lipinski definition) is 3. The Kier molecular flexibility index (Phi) is 4.87. The summed E-state index contributed by atoms with van der Waals surface area (Å²) in [5.41, 5.74) is -0.855. The topological polar surface area (TPSA) is 122 Å². The summed E-state index contributed by atoms with van der Waals surface area (Å²) in [5.74, 6) is -1.77. The van der Waals surface area contributed by atoms with Crippen LogP contribution in [0, 0.1) is 10.1 Å². The Morgan fingerprint density at radius 3 is 2.50 bits per heavy atom. The monoisotopic (exact) mass is 301 g/mol. The molecule has 1 atom stereocenters. The fourth-order valence-electron chi connectivity index (χ4n) is 1.51. The van der Waals surface area contributed by atoms with E-state index in [0.29, 0.717) is 0 Å². The van der Waals surface area contributed by atoms with Gasteiger partial charge < -0.3 is 15.7 Å². The Bertz CT molecular complexity index is 575. The summed E-state index contributed by atoms with van der Waals surface area (Å²) in [6.45, 7) is 1.50. The molecule has 0 aliphatic carbocycles. The van der Waals surface area contributed by atoms with Gasteiger partial charge in [-0.3, -0.25) is 14.9 Å². The highest BCUT2D eigenvalue weighted by atomic mass is 35.5. The van der Waals surface area contributed by atoms with Crippen molar-refractivity contribution < 1.29 is 19.6 Å². The third kappa shape index (κ3) is 3.35. The zero-order chi connectivity index (χ0) is 15.4. The van der Waals surface area contributed by atoms with Crippen molar-refractivity contribution in [3.8, 4) is 0 Å². The maximum absolute atomic E-state index is 11.4. The number of nitrogens with zero attached hydrogens (tertiary/aromatic N) is 1. The molecule has 9 heteroatoms. The fraction of sp³-hybridized carbons (Fsp3) is 0.273. The SMILES string of the molecule is CNC(=O)C(C)Nc1c(Cl)cc([N+](=O)[O-])cc1C(=O)O. The Morgan fingerprint density at radius 2 is 2.05 bits per heavy atom. The van der Waals surface area contributed by atoms with E-state index >= 15 is 0 Å². The summed E-state index contributed by atoms with van der Waals surface area (Å²) >= 11 is 5.85. The van der Waals surface area contributed by atoms with E-state index in [4.69, 9.17) is 16.7 Å². The first-order chi connectivity index (χ1) is 9.27. The first kappa shape index (κ1) is 15.7. The predicted octanol–water partition coefficient (Wildman–Crippen LogP) is 1.49. The van der Waals surface area contributed by atoms with Gasteiger partial charge in [0.25, 0.3) is 5.69 Å². The van der Waals surface area contributed by atoms with Gasteiger partial charge in [0.05, 0.1) is 21.2 Å². The molecule has 1 rings (SSSR count). The predicted molar refractivity (Wildman–Crippen MR) is 72.2 cm³/mol. The number of aromatic carboxylic acids is 1. The molecule has 1 amide bonds. The van der Waals surface area contributed by atoms with Crippen molar-refractivity contribution in [2.75, 3.05) is 12.4 Å². The Balaban J connectivity index is 3.28. The number of nitro groups is 1.